The highest BCUT2D eigenvalue weighted by atomic mass is 16.5. The van der Waals surface area contributed by atoms with Crippen molar-refractivity contribution < 1.29 is 23.8 Å². The quantitative estimate of drug-likeness (QED) is 0.521. The Morgan fingerprint density at radius 3 is 2.62 bits per heavy atom. The summed E-state index contributed by atoms with van der Waals surface area (Å²) in [6.45, 7) is 0.422. The Labute approximate surface area is 198 Å². The fourth-order valence-electron chi connectivity index (χ4n) is 4.36. The molecule has 2 amide bonds. The van der Waals surface area contributed by atoms with Gasteiger partial charge in [0.15, 0.2) is 11.5 Å². The molecule has 9 nitrogen and oxygen atoms in total. The van der Waals surface area contributed by atoms with Gasteiger partial charge in [-0.05, 0) is 11.6 Å². The molecule has 9 heteroatoms. The normalized spacial score (nSPS) is 15.7. The minimum Gasteiger partial charge on any atom is -0.493 e. The van der Waals surface area contributed by atoms with Gasteiger partial charge >= 0.3 is 12.0 Å². The van der Waals surface area contributed by atoms with Gasteiger partial charge in [-0.2, -0.15) is 0 Å². The molecule has 3 aromatic rings. The van der Waals surface area contributed by atoms with Crippen LogP contribution in [0, 0.1) is 0 Å². The zero-order valence-corrected chi connectivity index (χ0v) is 19.4. The van der Waals surface area contributed by atoms with Gasteiger partial charge < -0.3 is 29.4 Å². The Hall–Kier alpha value is -4.01. The smallest absolute Gasteiger partial charge is 0.328 e. The van der Waals surface area contributed by atoms with E-state index >= 15 is 0 Å². The van der Waals surface area contributed by atoms with Crippen molar-refractivity contribution in [2.24, 2.45) is 0 Å². The predicted octanol–water partition coefficient (Wildman–Crippen LogP) is 2.87. The average Bonchev–Trinajstić information content (AvgIpc) is 3.36. The second-order valence-electron chi connectivity index (χ2n) is 7.91. The summed E-state index contributed by atoms with van der Waals surface area (Å²) in [5.41, 5.74) is 3.33. The second-order valence-corrected chi connectivity index (χ2v) is 7.91. The molecule has 1 aliphatic rings. The van der Waals surface area contributed by atoms with Crippen LogP contribution < -0.4 is 14.8 Å². The number of esters is 1. The molecule has 2 atom stereocenters. The Bertz CT molecular complexity index is 1150. The Morgan fingerprint density at radius 1 is 1.12 bits per heavy atom. The number of carbonyl (C=O) groups excluding carboxylic acids is 2. The van der Waals surface area contributed by atoms with Crippen molar-refractivity contribution in [3.8, 4) is 11.5 Å². The van der Waals surface area contributed by atoms with E-state index in [9.17, 15) is 9.59 Å². The van der Waals surface area contributed by atoms with Crippen molar-refractivity contribution in [1.82, 2.24) is 20.2 Å². The second kappa shape index (κ2) is 10.3. The van der Waals surface area contributed by atoms with Crippen LogP contribution in [0.2, 0.25) is 0 Å². The monoisotopic (exact) mass is 464 g/mol. The molecule has 0 spiro atoms. The van der Waals surface area contributed by atoms with E-state index < -0.39 is 24.1 Å². The minimum absolute atomic E-state index is 0.313. The largest absolute Gasteiger partial charge is 0.493 e. The number of H-pyrrole nitrogens is 1. The zero-order valence-electron chi connectivity index (χ0n) is 19.4. The van der Waals surface area contributed by atoms with Gasteiger partial charge in [0.2, 0.25) is 0 Å². The van der Waals surface area contributed by atoms with E-state index in [1.165, 1.54) is 7.11 Å². The number of hydrogen-bond acceptors (Lipinski definition) is 6. The fourth-order valence-corrected chi connectivity index (χ4v) is 4.36. The Balaban J connectivity index is 1.68. The number of fused-ring (bicyclic) bond motifs is 1. The molecule has 2 N–H and O–H groups in total. The van der Waals surface area contributed by atoms with E-state index in [1.807, 2.05) is 42.5 Å². The SMILES string of the molecule is COC(=O)[C@H](Cc1ccccc1)NC(=O)N1CCc2[nH]cnc2[C@@H]1c1cccc(OC)c1OC. The number of amides is 2. The van der Waals surface area contributed by atoms with Gasteiger partial charge in [-0.3, -0.25) is 0 Å². The number of carbonyl (C=O) groups is 2. The third-order valence-electron chi connectivity index (χ3n) is 5.98. The van der Waals surface area contributed by atoms with Crippen LogP contribution in [0.3, 0.4) is 0 Å². The highest BCUT2D eigenvalue weighted by Gasteiger charge is 2.37. The lowest BCUT2D eigenvalue weighted by molar-refractivity contribution is -0.142. The number of aromatic amines is 1. The van der Waals surface area contributed by atoms with E-state index in [1.54, 1.807) is 31.5 Å². The number of aromatic nitrogens is 2. The molecule has 0 radical (unpaired) electrons. The van der Waals surface area contributed by atoms with Gasteiger partial charge in [-0.25, -0.2) is 14.6 Å². The lowest BCUT2D eigenvalue weighted by atomic mass is 9.94. The maximum atomic E-state index is 13.6. The van der Waals surface area contributed by atoms with E-state index in [0.717, 1.165) is 22.5 Å². The van der Waals surface area contributed by atoms with Gasteiger partial charge in [0.25, 0.3) is 0 Å². The number of methoxy groups -OCH3 is 3. The molecule has 2 heterocycles. The summed E-state index contributed by atoms with van der Waals surface area (Å²) in [5.74, 6) is 0.571. The first-order chi connectivity index (χ1) is 16.6. The first kappa shape index (κ1) is 23.2. The number of nitrogens with zero attached hydrogens (tertiary/aromatic N) is 2. The summed E-state index contributed by atoms with van der Waals surface area (Å²) in [5, 5.41) is 2.88. The highest BCUT2D eigenvalue weighted by molar-refractivity contribution is 5.84. The molecule has 0 saturated heterocycles. The molecule has 2 aromatic carbocycles. The molecule has 0 saturated carbocycles. The summed E-state index contributed by atoms with van der Waals surface area (Å²) < 4.78 is 16.1. The summed E-state index contributed by atoms with van der Waals surface area (Å²) in [4.78, 5) is 35.5. The van der Waals surface area contributed by atoms with Gasteiger partial charge in [0.1, 0.15) is 12.1 Å². The van der Waals surface area contributed by atoms with Crippen molar-refractivity contribution in [3.05, 3.63) is 77.4 Å². The first-order valence-electron chi connectivity index (χ1n) is 11.0. The summed E-state index contributed by atoms with van der Waals surface area (Å²) >= 11 is 0. The average molecular weight is 465 g/mol. The molecular weight excluding hydrogens is 436 g/mol. The molecule has 34 heavy (non-hydrogen) atoms. The molecule has 0 aliphatic carbocycles. The summed E-state index contributed by atoms with van der Waals surface area (Å²) in [6.07, 6.45) is 2.54. The fraction of sp³-hybridized carbons (Fsp3) is 0.320. The van der Waals surface area contributed by atoms with Crippen molar-refractivity contribution in [2.75, 3.05) is 27.9 Å². The van der Waals surface area contributed by atoms with Crippen LogP contribution in [0.15, 0.2) is 54.9 Å². The minimum atomic E-state index is -0.840. The number of urea groups is 1. The topological polar surface area (TPSA) is 106 Å². The number of imidazole rings is 1. The molecule has 178 valence electrons. The molecular formula is C25H28N4O5. The van der Waals surface area contributed by atoms with Crippen LogP contribution >= 0.6 is 0 Å². The highest BCUT2D eigenvalue weighted by Crippen LogP contribution is 2.42. The maximum absolute atomic E-state index is 13.6. The van der Waals surface area contributed by atoms with E-state index in [2.05, 4.69) is 15.3 Å². The first-order valence-corrected chi connectivity index (χ1v) is 11.0. The van der Waals surface area contributed by atoms with Gasteiger partial charge in [0, 0.05) is 30.6 Å². The summed E-state index contributed by atoms with van der Waals surface area (Å²) in [6, 6.07) is 13.3. The van der Waals surface area contributed by atoms with Crippen molar-refractivity contribution >= 4 is 12.0 Å². The molecule has 4 rings (SSSR count). The van der Waals surface area contributed by atoms with Gasteiger partial charge in [-0.1, -0.05) is 42.5 Å². The van der Waals surface area contributed by atoms with Crippen molar-refractivity contribution in [2.45, 2.75) is 24.9 Å². The molecule has 0 fully saturated rings. The third kappa shape index (κ3) is 4.54. The Morgan fingerprint density at radius 2 is 1.91 bits per heavy atom. The number of ether oxygens (including phenoxy) is 3. The van der Waals surface area contributed by atoms with Crippen LogP contribution in [0.1, 0.15) is 28.6 Å². The number of hydrogen-bond donors (Lipinski definition) is 2. The third-order valence-corrected chi connectivity index (χ3v) is 5.98. The Kier molecular flexibility index (Phi) is 7.01. The van der Waals surface area contributed by atoms with Crippen LogP contribution in [0.5, 0.6) is 11.5 Å². The molecule has 1 aliphatic heterocycles. The number of benzene rings is 2. The van der Waals surface area contributed by atoms with Gasteiger partial charge in [0.05, 0.1) is 33.4 Å². The van der Waals surface area contributed by atoms with Crippen LogP contribution in [-0.2, 0) is 22.4 Å². The van der Waals surface area contributed by atoms with E-state index in [-0.39, 0.29) is 0 Å². The van der Waals surface area contributed by atoms with Crippen LogP contribution in [0.25, 0.3) is 0 Å². The van der Waals surface area contributed by atoms with E-state index in [4.69, 9.17) is 14.2 Å². The van der Waals surface area contributed by atoms with Crippen LogP contribution in [-0.4, -0.2) is 60.8 Å². The maximum Gasteiger partial charge on any atom is 0.328 e. The molecule has 0 unspecified atom stereocenters. The number of para-hydroxylation sites is 1. The van der Waals surface area contributed by atoms with Crippen LogP contribution in [0.4, 0.5) is 4.79 Å². The molecule has 0 bridgehead atoms. The predicted molar refractivity (Wildman–Crippen MR) is 125 cm³/mol. The van der Waals surface area contributed by atoms with Crippen molar-refractivity contribution in [3.63, 3.8) is 0 Å². The number of rotatable bonds is 7. The molecule has 1 aromatic heterocycles. The van der Waals surface area contributed by atoms with E-state index in [0.29, 0.717) is 30.9 Å². The standard InChI is InChI=1S/C25H28N4O5/c1-32-20-11-7-10-17(23(20)33-2)22-21-18(26-15-27-21)12-13-29(22)25(31)28-19(24(30)34-3)14-16-8-5-4-6-9-16/h4-11,15,19,22H,12-14H2,1-3H3,(H,26,27)(H,28,31)/t19-,22-/m0/s1. The summed E-state index contributed by atoms with van der Waals surface area (Å²) in [7, 11) is 4.44. The zero-order chi connectivity index (χ0) is 24.1. The van der Waals surface area contributed by atoms with Crippen molar-refractivity contribution in [1.29, 1.82) is 0 Å². The van der Waals surface area contributed by atoms with Gasteiger partial charge in [-0.15, -0.1) is 0 Å². The lowest BCUT2D eigenvalue weighted by Crippen LogP contribution is -2.52. The number of nitrogens with one attached hydrogen (secondary N) is 2. The lowest BCUT2D eigenvalue weighted by Gasteiger charge is -2.36.